The van der Waals surface area contributed by atoms with Gasteiger partial charge in [-0.1, -0.05) is 44.9 Å². The van der Waals surface area contributed by atoms with Crippen molar-refractivity contribution in [3.63, 3.8) is 0 Å². The van der Waals surface area contributed by atoms with Gasteiger partial charge in [0.15, 0.2) is 8.32 Å². The summed E-state index contributed by atoms with van der Waals surface area (Å²) in [6.07, 6.45) is 9.61. The van der Waals surface area contributed by atoms with Crippen molar-refractivity contribution >= 4 is 20.2 Å². The fourth-order valence-electron chi connectivity index (χ4n) is 2.30. The Hall–Kier alpha value is -0.883. The van der Waals surface area contributed by atoms with E-state index in [1.165, 1.54) is 25.7 Å². The van der Waals surface area contributed by atoms with Crippen molar-refractivity contribution in [1.82, 2.24) is 5.32 Å². The SMILES string of the molecule is C[Si](C)(O)CCCCCCCCCCC(=O)NCCC(=O)O. The van der Waals surface area contributed by atoms with Crippen LogP contribution in [0.4, 0.5) is 0 Å². The summed E-state index contributed by atoms with van der Waals surface area (Å²) in [5.74, 6) is -0.928. The maximum Gasteiger partial charge on any atom is 0.305 e. The van der Waals surface area contributed by atoms with E-state index in [4.69, 9.17) is 5.11 Å². The number of nitrogens with one attached hydrogen (secondary N) is 1. The Balaban J connectivity index is 3.23. The Morgan fingerprint density at radius 2 is 1.36 bits per heavy atom. The average Bonchev–Trinajstić information content (AvgIpc) is 2.39. The molecule has 0 aromatic heterocycles. The molecule has 0 aromatic carbocycles. The topological polar surface area (TPSA) is 86.6 Å². The summed E-state index contributed by atoms with van der Waals surface area (Å²) in [7, 11) is -1.84. The fraction of sp³-hybridized carbons (Fsp3) is 0.875. The first-order valence-electron chi connectivity index (χ1n) is 8.52. The van der Waals surface area contributed by atoms with Gasteiger partial charge >= 0.3 is 5.97 Å². The van der Waals surface area contributed by atoms with E-state index in [1.54, 1.807) is 0 Å². The third-order valence-corrected chi connectivity index (χ3v) is 5.18. The molecule has 3 N–H and O–H groups in total. The molecule has 22 heavy (non-hydrogen) atoms. The molecular formula is C16H33NO4Si. The minimum Gasteiger partial charge on any atom is -0.481 e. The third-order valence-electron chi connectivity index (χ3n) is 3.60. The summed E-state index contributed by atoms with van der Waals surface area (Å²) in [6.45, 7) is 4.21. The minimum absolute atomic E-state index is 0.0122. The van der Waals surface area contributed by atoms with E-state index in [0.29, 0.717) is 6.42 Å². The van der Waals surface area contributed by atoms with Crippen LogP contribution >= 0.6 is 0 Å². The van der Waals surface area contributed by atoms with Gasteiger partial charge < -0.3 is 15.2 Å². The zero-order chi connectivity index (χ0) is 16.8. The molecule has 6 heteroatoms. The van der Waals surface area contributed by atoms with Crippen molar-refractivity contribution in [1.29, 1.82) is 0 Å². The first-order chi connectivity index (χ1) is 10.3. The van der Waals surface area contributed by atoms with Crippen LogP contribution in [0, 0.1) is 0 Å². The minimum atomic E-state index is -1.84. The zero-order valence-corrected chi connectivity index (χ0v) is 15.2. The molecule has 0 fully saturated rings. The maximum atomic E-state index is 11.4. The van der Waals surface area contributed by atoms with E-state index >= 15 is 0 Å². The molecule has 0 aromatic rings. The average molecular weight is 332 g/mol. The highest BCUT2D eigenvalue weighted by atomic mass is 28.4. The predicted molar refractivity (Wildman–Crippen MR) is 91.3 cm³/mol. The number of aliphatic carboxylic acids is 1. The molecule has 130 valence electrons. The summed E-state index contributed by atoms with van der Waals surface area (Å²) in [6, 6.07) is 1.00. The molecule has 0 bridgehead atoms. The molecule has 0 saturated heterocycles. The van der Waals surface area contributed by atoms with E-state index in [1.807, 2.05) is 13.1 Å². The quantitative estimate of drug-likeness (QED) is 0.337. The van der Waals surface area contributed by atoms with Gasteiger partial charge in [0.1, 0.15) is 0 Å². The Morgan fingerprint density at radius 1 is 0.864 bits per heavy atom. The van der Waals surface area contributed by atoms with Crippen molar-refractivity contribution in [2.24, 2.45) is 0 Å². The van der Waals surface area contributed by atoms with Crippen molar-refractivity contribution in [2.45, 2.75) is 83.3 Å². The molecule has 0 unspecified atom stereocenters. The summed E-state index contributed by atoms with van der Waals surface area (Å²) in [5.41, 5.74) is 0. The number of carbonyl (C=O) groups excluding carboxylic acids is 1. The lowest BCUT2D eigenvalue weighted by Gasteiger charge is -2.12. The maximum absolute atomic E-state index is 11.4. The molecule has 0 atom stereocenters. The van der Waals surface area contributed by atoms with Gasteiger partial charge in [-0.2, -0.15) is 0 Å². The first kappa shape index (κ1) is 21.1. The lowest BCUT2D eigenvalue weighted by Crippen LogP contribution is -2.25. The highest BCUT2D eigenvalue weighted by Gasteiger charge is 2.15. The lowest BCUT2D eigenvalue weighted by molar-refractivity contribution is -0.136. The highest BCUT2D eigenvalue weighted by Crippen LogP contribution is 2.14. The van der Waals surface area contributed by atoms with Gasteiger partial charge in [-0.05, 0) is 25.6 Å². The zero-order valence-electron chi connectivity index (χ0n) is 14.2. The van der Waals surface area contributed by atoms with E-state index in [9.17, 15) is 14.4 Å². The molecule has 0 aliphatic carbocycles. The molecule has 0 rings (SSSR count). The first-order valence-corrected chi connectivity index (χ1v) is 11.7. The van der Waals surface area contributed by atoms with Gasteiger partial charge in [-0.15, -0.1) is 0 Å². The van der Waals surface area contributed by atoms with Gasteiger partial charge in [-0.25, -0.2) is 0 Å². The van der Waals surface area contributed by atoms with E-state index in [-0.39, 0.29) is 18.9 Å². The number of unbranched alkanes of at least 4 members (excludes halogenated alkanes) is 7. The molecule has 0 aliphatic rings. The van der Waals surface area contributed by atoms with Crippen molar-refractivity contribution in [3.8, 4) is 0 Å². The lowest BCUT2D eigenvalue weighted by atomic mass is 10.1. The van der Waals surface area contributed by atoms with E-state index < -0.39 is 14.3 Å². The number of amides is 1. The summed E-state index contributed by atoms with van der Waals surface area (Å²) < 4.78 is 0. The van der Waals surface area contributed by atoms with Crippen LogP contribution in [0.1, 0.15) is 64.2 Å². The fourth-order valence-corrected chi connectivity index (χ4v) is 3.42. The van der Waals surface area contributed by atoms with E-state index in [0.717, 1.165) is 31.7 Å². The van der Waals surface area contributed by atoms with Crippen LogP contribution in [0.25, 0.3) is 0 Å². The summed E-state index contributed by atoms with van der Waals surface area (Å²) in [5, 5.41) is 11.1. The van der Waals surface area contributed by atoms with Gasteiger partial charge in [0, 0.05) is 13.0 Å². The molecule has 0 spiro atoms. The number of hydrogen-bond donors (Lipinski definition) is 3. The summed E-state index contributed by atoms with van der Waals surface area (Å²) in [4.78, 5) is 31.4. The molecule has 1 amide bonds. The van der Waals surface area contributed by atoms with Crippen LogP contribution in [-0.2, 0) is 9.59 Å². The molecule has 0 saturated carbocycles. The smallest absolute Gasteiger partial charge is 0.305 e. The van der Waals surface area contributed by atoms with Gasteiger partial charge in [0.25, 0.3) is 0 Å². The van der Waals surface area contributed by atoms with Crippen molar-refractivity contribution in [2.75, 3.05) is 6.54 Å². The second kappa shape index (κ2) is 12.6. The molecule has 0 heterocycles. The van der Waals surface area contributed by atoms with Crippen LogP contribution < -0.4 is 5.32 Å². The Bertz CT molecular complexity index is 316. The van der Waals surface area contributed by atoms with Crippen LogP contribution in [0.15, 0.2) is 0 Å². The van der Waals surface area contributed by atoms with Crippen molar-refractivity contribution in [3.05, 3.63) is 0 Å². The molecule has 5 nitrogen and oxygen atoms in total. The number of hydrogen-bond acceptors (Lipinski definition) is 3. The van der Waals surface area contributed by atoms with E-state index in [2.05, 4.69) is 5.32 Å². The number of carboxylic acid groups (broad SMARTS) is 1. The molecule has 0 radical (unpaired) electrons. The Labute approximate surface area is 135 Å². The second-order valence-electron chi connectivity index (χ2n) is 6.63. The van der Waals surface area contributed by atoms with Crippen molar-refractivity contribution < 1.29 is 19.5 Å². The number of carboxylic acids is 1. The molecular weight excluding hydrogens is 298 g/mol. The number of carbonyl (C=O) groups is 2. The normalized spacial score (nSPS) is 11.4. The third kappa shape index (κ3) is 17.2. The van der Waals surface area contributed by atoms with Crippen LogP contribution in [0.2, 0.25) is 19.1 Å². The largest absolute Gasteiger partial charge is 0.481 e. The molecule has 0 aliphatic heterocycles. The number of rotatable bonds is 14. The van der Waals surface area contributed by atoms with Gasteiger partial charge in [0.2, 0.25) is 5.91 Å². The van der Waals surface area contributed by atoms with Crippen LogP contribution in [0.3, 0.4) is 0 Å². The van der Waals surface area contributed by atoms with Crippen LogP contribution in [0.5, 0.6) is 0 Å². The summed E-state index contributed by atoms with van der Waals surface area (Å²) >= 11 is 0. The van der Waals surface area contributed by atoms with Gasteiger partial charge in [-0.3, -0.25) is 9.59 Å². The highest BCUT2D eigenvalue weighted by molar-refractivity contribution is 6.69. The Kier molecular flexibility index (Phi) is 12.1. The standard InChI is InChI=1S/C16H33NO4Si/c1-22(2,21)14-10-8-6-4-3-5-7-9-11-15(18)17-13-12-16(19)20/h21H,3-14H2,1-2H3,(H,17,18)(H,19,20). The monoisotopic (exact) mass is 331 g/mol. The predicted octanol–water partition coefficient (Wildman–Crippen LogP) is 3.29. The second-order valence-corrected chi connectivity index (χ2v) is 10.8. The van der Waals surface area contributed by atoms with Crippen LogP contribution in [-0.4, -0.2) is 36.6 Å². The Morgan fingerprint density at radius 3 is 1.86 bits per heavy atom. The van der Waals surface area contributed by atoms with Gasteiger partial charge in [0.05, 0.1) is 6.42 Å².